The molecule has 13 heteroatoms. The Morgan fingerprint density at radius 1 is 1.04 bits per heavy atom. The molecule has 2 aliphatic rings. The second kappa shape index (κ2) is 15.3. The van der Waals surface area contributed by atoms with Crippen molar-refractivity contribution in [3.05, 3.63) is 105 Å². The Balaban J connectivity index is 1.15. The number of likely N-dealkylation sites (tertiary alicyclic amines) is 1. The summed E-state index contributed by atoms with van der Waals surface area (Å²) >= 11 is 7.03. The number of alkyl halides is 2. The lowest BCUT2D eigenvalue weighted by atomic mass is 9.94. The Hall–Kier alpha value is -4.75. The number of aliphatic hydroxyl groups is 1. The third-order valence-electron chi connectivity index (χ3n) is 9.98. The van der Waals surface area contributed by atoms with E-state index < -0.39 is 12.2 Å². The number of nitrogens with zero attached hydrogens (tertiary/aromatic N) is 6. The molecule has 1 unspecified atom stereocenters. The van der Waals surface area contributed by atoms with Crippen molar-refractivity contribution >= 4 is 45.7 Å². The second-order valence-electron chi connectivity index (χ2n) is 14.0. The van der Waals surface area contributed by atoms with Gasteiger partial charge in [0.15, 0.2) is 17.4 Å². The van der Waals surface area contributed by atoms with Crippen molar-refractivity contribution in [1.29, 1.82) is 0 Å². The molecule has 1 atom stereocenters. The van der Waals surface area contributed by atoms with Crippen LogP contribution in [-0.4, -0.2) is 78.7 Å². The highest BCUT2D eigenvalue weighted by molar-refractivity contribution is 6.34. The standard InChI is InChI=1S/C40H40ClF2N7O3/c1-22-14-32(45-34-21-49(18-23(2)51)13-11-28(22)34)35(53)16-26-6-4-8-30(36(26)41)29-7-5-9-31(24(29)3)46-39-37-33(47-40(48-39)38(42)43)15-25(17-44-37)19-50-12-10-27(52)20-50/h4-9,14-15,17,27,38,52H,10-13,16,18-21H2,1-3H3,(H,46,47,48). The van der Waals surface area contributed by atoms with E-state index in [9.17, 15) is 23.5 Å². The normalized spacial score (nSPS) is 16.3. The number of halogens is 3. The molecule has 1 fully saturated rings. The SMILES string of the molecule is CC(=O)CN1CCc2c(C)cc(C(=O)Cc3cccc(-c4cccc(Nc5nc(C(F)F)nc6cc(CN7CCC(O)C7)cnc56)c4C)c3Cl)nc2C1. The van der Waals surface area contributed by atoms with Crippen molar-refractivity contribution in [1.82, 2.24) is 29.7 Å². The zero-order valence-electron chi connectivity index (χ0n) is 29.8. The first-order valence-corrected chi connectivity index (χ1v) is 18.0. The van der Waals surface area contributed by atoms with Gasteiger partial charge in [-0.25, -0.2) is 23.7 Å². The monoisotopic (exact) mass is 739 g/mol. The van der Waals surface area contributed by atoms with Gasteiger partial charge in [-0.05, 0) is 85.2 Å². The molecule has 0 saturated carbocycles. The van der Waals surface area contributed by atoms with Gasteiger partial charge >= 0.3 is 0 Å². The first-order valence-electron chi connectivity index (χ1n) is 17.7. The number of fused-ring (bicyclic) bond motifs is 2. The van der Waals surface area contributed by atoms with E-state index in [0.29, 0.717) is 71.2 Å². The van der Waals surface area contributed by atoms with Gasteiger partial charge in [-0.3, -0.25) is 24.4 Å². The molecule has 3 aromatic heterocycles. The van der Waals surface area contributed by atoms with E-state index >= 15 is 0 Å². The summed E-state index contributed by atoms with van der Waals surface area (Å²) in [6.07, 6.45) is -0.0726. The number of β-amino-alcohol motifs (C(OH)–C–C–N with tert-alkyl or cyclic N) is 1. The van der Waals surface area contributed by atoms with E-state index in [1.807, 2.05) is 56.3 Å². The van der Waals surface area contributed by atoms with Crippen LogP contribution in [0.2, 0.25) is 5.02 Å². The molecule has 53 heavy (non-hydrogen) atoms. The Bertz CT molecular complexity index is 2230. The minimum absolute atomic E-state index is 0.0430. The van der Waals surface area contributed by atoms with E-state index in [0.717, 1.165) is 53.0 Å². The second-order valence-corrected chi connectivity index (χ2v) is 14.4. The number of nitrogens with one attached hydrogen (secondary N) is 1. The molecular weight excluding hydrogens is 700 g/mol. The number of aromatic nitrogens is 4. The summed E-state index contributed by atoms with van der Waals surface area (Å²) < 4.78 is 28.0. The zero-order chi connectivity index (χ0) is 37.4. The molecule has 2 aliphatic heterocycles. The Morgan fingerprint density at radius 2 is 1.83 bits per heavy atom. The summed E-state index contributed by atoms with van der Waals surface area (Å²) in [7, 11) is 0. The molecule has 7 rings (SSSR count). The maximum atomic E-state index is 14.0. The molecule has 0 spiro atoms. The van der Waals surface area contributed by atoms with Crippen LogP contribution >= 0.6 is 11.6 Å². The average Bonchev–Trinajstić information content (AvgIpc) is 3.53. The van der Waals surface area contributed by atoms with Crippen molar-refractivity contribution in [2.45, 2.75) is 65.7 Å². The lowest BCUT2D eigenvalue weighted by Gasteiger charge is -2.28. The van der Waals surface area contributed by atoms with Crippen molar-refractivity contribution in [3.63, 3.8) is 0 Å². The maximum absolute atomic E-state index is 14.0. The average molecular weight is 740 g/mol. The Labute approximate surface area is 311 Å². The van der Waals surface area contributed by atoms with E-state index in [1.54, 1.807) is 19.2 Å². The maximum Gasteiger partial charge on any atom is 0.297 e. The Morgan fingerprint density at radius 3 is 2.58 bits per heavy atom. The van der Waals surface area contributed by atoms with E-state index in [-0.39, 0.29) is 29.9 Å². The van der Waals surface area contributed by atoms with Crippen LogP contribution in [0.4, 0.5) is 20.3 Å². The summed E-state index contributed by atoms with van der Waals surface area (Å²) in [5.74, 6) is -0.531. The van der Waals surface area contributed by atoms with Gasteiger partial charge in [0, 0.05) is 56.6 Å². The highest BCUT2D eigenvalue weighted by Gasteiger charge is 2.25. The van der Waals surface area contributed by atoms with Gasteiger partial charge in [-0.1, -0.05) is 41.9 Å². The minimum atomic E-state index is -2.89. The number of pyridine rings is 2. The van der Waals surface area contributed by atoms with Crippen molar-refractivity contribution in [2.75, 3.05) is 31.5 Å². The van der Waals surface area contributed by atoms with Crippen LogP contribution in [0.3, 0.4) is 0 Å². The first kappa shape index (κ1) is 36.6. The number of aliphatic hydroxyl groups excluding tert-OH is 1. The van der Waals surface area contributed by atoms with E-state index in [1.165, 1.54) is 0 Å². The molecule has 0 aliphatic carbocycles. The van der Waals surface area contributed by atoms with E-state index in [4.69, 9.17) is 16.6 Å². The van der Waals surface area contributed by atoms with E-state index in [2.05, 4.69) is 30.1 Å². The fourth-order valence-electron chi connectivity index (χ4n) is 7.33. The number of hydrogen-bond donors (Lipinski definition) is 2. The molecular formula is C40H40ClF2N7O3. The highest BCUT2D eigenvalue weighted by Crippen LogP contribution is 2.37. The minimum Gasteiger partial charge on any atom is -0.392 e. The number of anilines is 2. The predicted molar refractivity (Wildman–Crippen MR) is 200 cm³/mol. The van der Waals surface area contributed by atoms with Crippen LogP contribution in [-0.2, 0) is 30.7 Å². The molecule has 1 saturated heterocycles. The number of hydrogen-bond acceptors (Lipinski definition) is 10. The molecule has 10 nitrogen and oxygen atoms in total. The van der Waals surface area contributed by atoms with Gasteiger partial charge in [0.25, 0.3) is 6.43 Å². The molecule has 5 heterocycles. The lowest BCUT2D eigenvalue weighted by Crippen LogP contribution is -2.35. The van der Waals surface area contributed by atoms with Crippen molar-refractivity contribution in [2.24, 2.45) is 0 Å². The number of ketones is 2. The van der Waals surface area contributed by atoms with Gasteiger partial charge in [-0.15, -0.1) is 0 Å². The summed E-state index contributed by atoms with van der Waals surface area (Å²) in [6.45, 7) is 8.92. The largest absolute Gasteiger partial charge is 0.392 e. The zero-order valence-corrected chi connectivity index (χ0v) is 30.6. The van der Waals surface area contributed by atoms with Crippen LogP contribution in [0.25, 0.3) is 22.2 Å². The topological polar surface area (TPSA) is 124 Å². The van der Waals surface area contributed by atoms with Crippen LogP contribution < -0.4 is 5.32 Å². The summed E-state index contributed by atoms with van der Waals surface area (Å²) in [5, 5.41) is 13.6. The molecule has 5 aromatic rings. The fraction of sp³-hybridized carbons (Fsp3) is 0.350. The fourth-order valence-corrected chi connectivity index (χ4v) is 7.63. The van der Waals surface area contributed by atoms with Crippen LogP contribution in [0, 0.1) is 13.8 Å². The van der Waals surface area contributed by atoms with Gasteiger partial charge in [0.05, 0.1) is 28.9 Å². The van der Waals surface area contributed by atoms with Crippen molar-refractivity contribution < 1.29 is 23.5 Å². The number of aryl methyl sites for hydroxylation is 1. The molecule has 0 bridgehead atoms. The third-order valence-corrected chi connectivity index (χ3v) is 10.4. The number of carbonyl (C=O) groups excluding carboxylic acids is 2. The molecule has 2 N–H and O–H groups in total. The number of carbonyl (C=O) groups is 2. The molecule has 0 amide bonds. The summed E-state index contributed by atoms with van der Waals surface area (Å²) in [6, 6.07) is 14.7. The van der Waals surface area contributed by atoms with Gasteiger partial charge in [0.2, 0.25) is 0 Å². The van der Waals surface area contributed by atoms with Crippen LogP contribution in [0.15, 0.2) is 54.7 Å². The van der Waals surface area contributed by atoms with Gasteiger partial charge in [-0.2, -0.15) is 0 Å². The van der Waals surface area contributed by atoms with Gasteiger partial charge in [0.1, 0.15) is 17.0 Å². The molecule has 0 radical (unpaired) electrons. The number of rotatable bonds is 11. The quantitative estimate of drug-likeness (QED) is 0.137. The van der Waals surface area contributed by atoms with Gasteiger partial charge < -0.3 is 10.4 Å². The Kier molecular flexibility index (Phi) is 10.6. The predicted octanol–water partition coefficient (Wildman–Crippen LogP) is 6.98. The number of benzene rings is 2. The summed E-state index contributed by atoms with van der Waals surface area (Å²) in [4.78, 5) is 47.1. The van der Waals surface area contributed by atoms with Crippen LogP contribution in [0.1, 0.15) is 69.6 Å². The summed E-state index contributed by atoms with van der Waals surface area (Å²) in [5.41, 5.74) is 8.33. The third kappa shape index (κ3) is 7.96. The van der Waals surface area contributed by atoms with Crippen LogP contribution in [0.5, 0.6) is 0 Å². The smallest absolute Gasteiger partial charge is 0.297 e. The lowest BCUT2D eigenvalue weighted by molar-refractivity contribution is -0.118. The highest BCUT2D eigenvalue weighted by atomic mass is 35.5. The number of Topliss-reactive ketones (excluding diaryl/α,β-unsaturated/α-hetero) is 2. The van der Waals surface area contributed by atoms with Crippen molar-refractivity contribution in [3.8, 4) is 11.1 Å². The first-order chi connectivity index (χ1) is 25.4. The molecule has 2 aromatic carbocycles. The molecule has 274 valence electrons.